The van der Waals surface area contributed by atoms with E-state index in [-0.39, 0.29) is 35.4 Å². The Labute approximate surface area is 172 Å². The van der Waals surface area contributed by atoms with Gasteiger partial charge < -0.3 is 19.5 Å². The summed E-state index contributed by atoms with van der Waals surface area (Å²) in [7, 11) is -0.192. The predicted octanol–water partition coefficient (Wildman–Crippen LogP) is 2.67. The van der Waals surface area contributed by atoms with Crippen LogP contribution in [0, 0.1) is 5.92 Å². The van der Waals surface area contributed by atoms with Crippen LogP contribution in [-0.2, 0) is 15.7 Å². The lowest BCUT2D eigenvalue weighted by Gasteiger charge is -2.33. The van der Waals surface area contributed by atoms with Gasteiger partial charge in [0.25, 0.3) is 11.8 Å². The van der Waals surface area contributed by atoms with Gasteiger partial charge in [-0.15, -0.1) is 0 Å². The summed E-state index contributed by atoms with van der Waals surface area (Å²) in [5.41, 5.74) is 1.61. The molecule has 0 aromatic heterocycles. The van der Waals surface area contributed by atoms with E-state index in [1.54, 1.807) is 6.07 Å². The zero-order valence-corrected chi connectivity index (χ0v) is 17.7. The first-order valence-electron chi connectivity index (χ1n) is 10.7. The van der Waals surface area contributed by atoms with Gasteiger partial charge in [0.05, 0.1) is 11.2 Å². The van der Waals surface area contributed by atoms with Crippen LogP contribution in [0.1, 0.15) is 66.8 Å². The van der Waals surface area contributed by atoms with E-state index < -0.39 is 0 Å². The zero-order valence-electron chi connectivity index (χ0n) is 17.7. The minimum atomic E-state index is -0.323. The molecule has 2 atom stereocenters. The number of likely N-dealkylation sites (tertiary alicyclic amines) is 1. The minimum absolute atomic E-state index is 0.0144. The monoisotopic (exact) mass is 396 g/mol. The lowest BCUT2D eigenvalue weighted by Crippen LogP contribution is -2.42. The molecule has 5 rings (SSSR count). The van der Waals surface area contributed by atoms with Gasteiger partial charge in [0, 0.05) is 36.1 Å². The van der Waals surface area contributed by atoms with E-state index in [0.29, 0.717) is 30.1 Å². The highest BCUT2D eigenvalue weighted by atomic mass is 16.7. The van der Waals surface area contributed by atoms with Crippen molar-refractivity contribution in [1.29, 1.82) is 0 Å². The van der Waals surface area contributed by atoms with Gasteiger partial charge >= 0.3 is 7.12 Å². The molecule has 3 aliphatic heterocycles. The minimum Gasteiger partial charge on any atom is -0.403 e. The molecule has 2 unspecified atom stereocenters. The molecule has 0 radical (unpaired) electrons. The Morgan fingerprint density at radius 2 is 1.93 bits per heavy atom. The maximum Gasteiger partial charge on any atom is 0.464 e. The van der Waals surface area contributed by atoms with Gasteiger partial charge in [-0.3, -0.25) is 9.59 Å². The molecule has 29 heavy (non-hydrogen) atoms. The van der Waals surface area contributed by atoms with Crippen LogP contribution in [0.5, 0.6) is 0 Å². The second-order valence-electron chi connectivity index (χ2n) is 10.1. The van der Waals surface area contributed by atoms with Gasteiger partial charge in [-0.05, 0) is 70.6 Å². The van der Waals surface area contributed by atoms with Crippen molar-refractivity contribution in [1.82, 2.24) is 10.2 Å². The number of carbonyl (C=O) groups excluding carboxylic acids is 2. The quantitative estimate of drug-likeness (QED) is 0.781. The molecule has 1 aromatic carbocycles. The third-order valence-electron chi connectivity index (χ3n) is 7.86. The Morgan fingerprint density at radius 1 is 1.21 bits per heavy atom. The number of nitrogens with one attached hydrogen (secondary N) is 1. The Balaban J connectivity index is 1.29. The fraction of sp³-hybridized carbons (Fsp3) is 0.636. The van der Waals surface area contributed by atoms with Crippen molar-refractivity contribution in [2.24, 2.45) is 5.92 Å². The van der Waals surface area contributed by atoms with Crippen LogP contribution in [-0.4, -0.2) is 54.7 Å². The molecule has 6 nitrogen and oxygen atoms in total. The third kappa shape index (κ3) is 2.85. The van der Waals surface area contributed by atoms with Crippen LogP contribution in [0.2, 0.25) is 5.31 Å². The summed E-state index contributed by atoms with van der Waals surface area (Å²) < 4.78 is 12.7. The van der Waals surface area contributed by atoms with Crippen molar-refractivity contribution in [3.63, 3.8) is 0 Å². The summed E-state index contributed by atoms with van der Waals surface area (Å²) in [6.45, 7) is 10.4. The highest BCUT2D eigenvalue weighted by Crippen LogP contribution is 2.69. The number of piperidine rings is 1. The maximum atomic E-state index is 13.1. The molecular weight excluding hydrogens is 367 g/mol. The topological polar surface area (TPSA) is 67.9 Å². The van der Waals surface area contributed by atoms with Crippen molar-refractivity contribution < 1.29 is 18.9 Å². The van der Waals surface area contributed by atoms with Gasteiger partial charge in [-0.25, -0.2) is 0 Å². The zero-order chi connectivity index (χ0) is 20.6. The van der Waals surface area contributed by atoms with Crippen LogP contribution in [0.15, 0.2) is 18.2 Å². The second kappa shape index (κ2) is 6.08. The van der Waals surface area contributed by atoms with E-state index in [0.717, 1.165) is 31.4 Å². The molecule has 2 saturated heterocycles. The fourth-order valence-electron chi connectivity index (χ4n) is 5.05. The van der Waals surface area contributed by atoms with Gasteiger partial charge in [0.1, 0.15) is 0 Å². The smallest absolute Gasteiger partial charge is 0.403 e. The largest absolute Gasteiger partial charge is 0.464 e. The molecule has 3 fully saturated rings. The molecular formula is C22H29BN2O4. The van der Waals surface area contributed by atoms with E-state index in [1.807, 2.05) is 17.0 Å². The van der Waals surface area contributed by atoms with Crippen molar-refractivity contribution in [3.8, 4) is 0 Å². The first-order valence-corrected chi connectivity index (χ1v) is 10.7. The van der Waals surface area contributed by atoms with Gasteiger partial charge in [0.15, 0.2) is 0 Å². The van der Waals surface area contributed by atoms with Crippen molar-refractivity contribution >= 4 is 18.9 Å². The van der Waals surface area contributed by atoms with Crippen LogP contribution in [0.3, 0.4) is 0 Å². The third-order valence-corrected chi connectivity index (χ3v) is 7.86. The van der Waals surface area contributed by atoms with E-state index in [9.17, 15) is 9.59 Å². The SMILES string of the molecule is CC1(C)OB(C23CCN(C(=O)c4ccc5c(c4)C(=O)NCC5)CC2C3)OC1(C)C. The standard InChI is InChI=1S/C22H29BN2O4/c1-20(2)21(3,4)29-23(28-20)22-8-10-25(13-16(22)12-22)19(27)15-6-5-14-7-9-24-18(26)17(14)11-15/h5-6,11,16H,7-10,12-13H2,1-4H3,(H,24,26). The molecule has 3 heterocycles. The van der Waals surface area contributed by atoms with Gasteiger partial charge in [-0.1, -0.05) is 6.07 Å². The van der Waals surface area contributed by atoms with Gasteiger partial charge in [0.2, 0.25) is 0 Å². The lowest BCUT2D eigenvalue weighted by molar-refractivity contribution is 0.00578. The molecule has 1 N–H and O–H groups in total. The molecule has 1 aromatic rings. The van der Waals surface area contributed by atoms with Crippen molar-refractivity contribution in [2.45, 2.75) is 63.5 Å². The average molecular weight is 396 g/mol. The van der Waals surface area contributed by atoms with E-state index >= 15 is 0 Å². The molecule has 7 heteroatoms. The summed E-state index contributed by atoms with van der Waals surface area (Å²) in [4.78, 5) is 27.2. The molecule has 1 aliphatic carbocycles. The van der Waals surface area contributed by atoms with Crippen LogP contribution in [0.4, 0.5) is 0 Å². The molecule has 154 valence electrons. The molecule has 1 saturated carbocycles. The average Bonchev–Trinajstić information content (AvgIpc) is 3.36. The normalized spacial score (nSPS) is 31.7. The Hall–Kier alpha value is -1.86. The van der Waals surface area contributed by atoms with Crippen LogP contribution >= 0.6 is 0 Å². The highest BCUT2D eigenvalue weighted by Gasteiger charge is 2.70. The van der Waals surface area contributed by atoms with Gasteiger partial charge in [-0.2, -0.15) is 0 Å². The number of rotatable bonds is 2. The Kier molecular flexibility index (Phi) is 4.01. The maximum absolute atomic E-state index is 13.1. The first kappa shape index (κ1) is 19.1. The van der Waals surface area contributed by atoms with Crippen LogP contribution < -0.4 is 5.32 Å². The Bertz CT molecular complexity index is 883. The van der Waals surface area contributed by atoms with E-state index in [1.165, 1.54) is 0 Å². The number of fused-ring (bicyclic) bond motifs is 2. The Morgan fingerprint density at radius 3 is 2.62 bits per heavy atom. The molecule has 0 spiro atoms. The first-order chi connectivity index (χ1) is 13.6. The summed E-state index contributed by atoms with van der Waals surface area (Å²) in [6.07, 6.45) is 2.75. The summed E-state index contributed by atoms with van der Waals surface area (Å²) >= 11 is 0. The van der Waals surface area contributed by atoms with E-state index in [4.69, 9.17) is 9.31 Å². The molecule has 2 amide bonds. The molecule has 4 aliphatic rings. The van der Waals surface area contributed by atoms with Crippen LogP contribution in [0.25, 0.3) is 0 Å². The summed E-state index contributed by atoms with van der Waals surface area (Å²) in [5, 5.41) is 2.89. The number of carbonyl (C=O) groups is 2. The number of benzene rings is 1. The van der Waals surface area contributed by atoms with Crippen molar-refractivity contribution in [2.75, 3.05) is 19.6 Å². The lowest BCUT2D eigenvalue weighted by atomic mass is 9.63. The fourth-order valence-corrected chi connectivity index (χ4v) is 5.05. The highest BCUT2D eigenvalue weighted by molar-refractivity contribution is 6.51. The van der Waals surface area contributed by atoms with E-state index in [2.05, 4.69) is 33.0 Å². The number of hydrogen-bond donors (Lipinski definition) is 1. The van der Waals surface area contributed by atoms with Crippen molar-refractivity contribution in [3.05, 3.63) is 34.9 Å². The predicted molar refractivity (Wildman–Crippen MR) is 110 cm³/mol. The number of amides is 2. The molecule has 0 bridgehead atoms. The summed E-state index contributed by atoms with van der Waals surface area (Å²) in [6, 6.07) is 5.55. The summed E-state index contributed by atoms with van der Waals surface area (Å²) in [5.74, 6) is 0.345. The second-order valence-corrected chi connectivity index (χ2v) is 10.1. The number of hydrogen-bond acceptors (Lipinski definition) is 4. The number of nitrogens with zero attached hydrogens (tertiary/aromatic N) is 1.